The molecule has 0 radical (unpaired) electrons. The molecule has 3 N–H and O–H groups in total. The first-order chi connectivity index (χ1) is 15.2. The number of hydrogen-bond acceptors (Lipinski definition) is 5. The number of aromatic nitrogens is 2. The molecular weight excluding hydrogens is 432 g/mol. The van der Waals surface area contributed by atoms with Crippen molar-refractivity contribution in [3.05, 3.63) is 76.6 Å². The SMILES string of the molecule is CCN(CC)CC.O=C(Nc1cc(=O)n(-c2ccc(S(=O)(=O)O)cc2)[nH]1)c1ccccc1. The van der Waals surface area contributed by atoms with E-state index in [0.717, 1.165) is 4.68 Å². The summed E-state index contributed by atoms with van der Waals surface area (Å²) in [7, 11) is -4.31. The molecular formula is C22H28N4O5S. The van der Waals surface area contributed by atoms with Crippen molar-refractivity contribution >= 4 is 21.8 Å². The highest BCUT2D eigenvalue weighted by molar-refractivity contribution is 7.85. The fourth-order valence-corrected chi connectivity index (χ4v) is 3.35. The van der Waals surface area contributed by atoms with Gasteiger partial charge in [-0.05, 0) is 56.0 Å². The van der Waals surface area contributed by atoms with Crippen LogP contribution in [0, 0.1) is 0 Å². The quantitative estimate of drug-likeness (QED) is 0.466. The molecule has 10 heteroatoms. The molecule has 3 aromatic rings. The Kier molecular flexibility index (Phi) is 8.94. The van der Waals surface area contributed by atoms with Gasteiger partial charge in [-0.2, -0.15) is 8.42 Å². The smallest absolute Gasteiger partial charge is 0.294 e. The molecule has 0 spiro atoms. The van der Waals surface area contributed by atoms with Crippen molar-refractivity contribution in [2.24, 2.45) is 0 Å². The predicted molar refractivity (Wildman–Crippen MR) is 124 cm³/mol. The lowest BCUT2D eigenvalue weighted by atomic mass is 10.2. The molecule has 0 fully saturated rings. The third-order valence-electron chi connectivity index (χ3n) is 4.74. The van der Waals surface area contributed by atoms with Crippen molar-refractivity contribution in [2.45, 2.75) is 25.7 Å². The predicted octanol–water partition coefficient (Wildman–Crippen LogP) is 3.01. The molecule has 0 saturated carbocycles. The van der Waals surface area contributed by atoms with Crippen LogP contribution in [0.25, 0.3) is 5.69 Å². The molecule has 2 aromatic carbocycles. The molecule has 9 nitrogen and oxygen atoms in total. The third kappa shape index (κ3) is 6.91. The van der Waals surface area contributed by atoms with E-state index in [1.165, 1.54) is 50.0 Å². The van der Waals surface area contributed by atoms with Gasteiger partial charge in [0.15, 0.2) is 0 Å². The molecule has 0 saturated heterocycles. The number of nitrogens with zero attached hydrogens (tertiary/aromatic N) is 2. The number of amides is 1. The van der Waals surface area contributed by atoms with Gasteiger partial charge in [0.1, 0.15) is 5.82 Å². The summed E-state index contributed by atoms with van der Waals surface area (Å²) in [6.45, 7) is 10.1. The number of carbonyl (C=O) groups excluding carboxylic acids is 1. The topological polar surface area (TPSA) is 124 Å². The Morgan fingerprint density at radius 1 is 1.00 bits per heavy atom. The van der Waals surface area contributed by atoms with Gasteiger partial charge in [0.2, 0.25) is 0 Å². The second kappa shape index (κ2) is 11.4. The molecule has 0 bridgehead atoms. The van der Waals surface area contributed by atoms with Crippen molar-refractivity contribution < 1.29 is 17.8 Å². The van der Waals surface area contributed by atoms with Crippen LogP contribution < -0.4 is 10.9 Å². The van der Waals surface area contributed by atoms with Gasteiger partial charge in [-0.3, -0.25) is 19.2 Å². The first kappa shape index (κ1) is 25.1. The summed E-state index contributed by atoms with van der Waals surface area (Å²) in [6, 6.07) is 14.7. The van der Waals surface area contributed by atoms with E-state index in [2.05, 4.69) is 36.1 Å². The van der Waals surface area contributed by atoms with Crippen molar-refractivity contribution in [3.8, 4) is 5.69 Å². The highest BCUT2D eigenvalue weighted by Gasteiger charge is 2.12. The van der Waals surface area contributed by atoms with Crippen LogP contribution in [0.2, 0.25) is 0 Å². The van der Waals surface area contributed by atoms with Crippen molar-refractivity contribution in [3.63, 3.8) is 0 Å². The molecule has 1 amide bonds. The molecule has 0 aliphatic heterocycles. The number of hydrogen-bond donors (Lipinski definition) is 3. The first-order valence-corrected chi connectivity index (χ1v) is 11.6. The molecule has 0 aliphatic rings. The first-order valence-electron chi connectivity index (χ1n) is 10.2. The summed E-state index contributed by atoms with van der Waals surface area (Å²) < 4.78 is 32.2. The van der Waals surface area contributed by atoms with E-state index in [0.29, 0.717) is 11.3 Å². The summed E-state index contributed by atoms with van der Waals surface area (Å²) in [6.07, 6.45) is 0. The molecule has 32 heavy (non-hydrogen) atoms. The van der Waals surface area contributed by atoms with E-state index in [1.54, 1.807) is 30.3 Å². The highest BCUT2D eigenvalue weighted by Crippen LogP contribution is 2.13. The highest BCUT2D eigenvalue weighted by atomic mass is 32.2. The zero-order chi connectivity index (χ0) is 23.7. The molecule has 0 unspecified atom stereocenters. The van der Waals surface area contributed by atoms with Crippen LogP contribution in [0.15, 0.2) is 70.4 Å². The second-order valence-corrected chi connectivity index (χ2v) is 8.17. The Balaban J connectivity index is 0.000000451. The molecule has 0 aliphatic carbocycles. The van der Waals surface area contributed by atoms with E-state index in [-0.39, 0.29) is 16.6 Å². The summed E-state index contributed by atoms with van der Waals surface area (Å²) in [5.41, 5.74) is 0.342. The maximum atomic E-state index is 12.1. The Morgan fingerprint density at radius 3 is 2.03 bits per heavy atom. The Bertz CT molecular complexity index is 1160. The van der Waals surface area contributed by atoms with Crippen LogP contribution in [-0.4, -0.2) is 53.2 Å². The van der Waals surface area contributed by atoms with Gasteiger partial charge in [0.05, 0.1) is 10.6 Å². The summed E-state index contributed by atoms with van der Waals surface area (Å²) in [4.78, 5) is 26.2. The number of H-pyrrole nitrogens is 1. The molecule has 1 aromatic heterocycles. The van der Waals surface area contributed by atoms with Crippen LogP contribution in [0.3, 0.4) is 0 Å². The lowest BCUT2D eigenvalue weighted by molar-refractivity contribution is 0.102. The monoisotopic (exact) mass is 460 g/mol. The largest absolute Gasteiger partial charge is 0.307 e. The lowest BCUT2D eigenvalue weighted by Crippen LogP contribution is -2.21. The normalized spacial score (nSPS) is 11.0. The van der Waals surface area contributed by atoms with Gasteiger partial charge < -0.3 is 10.2 Å². The summed E-state index contributed by atoms with van der Waals surface area (Å²) in [5.74, 6) is -0.187. The third-order valence-corrected chi connectivity index (χ3v) is 5.61. The summed E-state index contributed by atoms with van der Waals surface area (Å²) in [5, 5.41) is 5.29. The Hall–Kier alpha value is -3.21. The molecule has 1 heterocycles. The maximum Gasteiger partial charge on any atom is 0.294 e. The summed E-state index contributed by atoms with van der Waals surface area (Å²) >= 11 is 0. The Morgan fingerprint density at radius 2 is 1.56 bits per heavy atom. The van der Waals surface area contributed by atoms with E-state index in [4.69, 9.17) is 4.55 Å². The molecule has 3 rings (SSSR count). The van der Waals surface area contributed by atoms with Gasteiger partial charge in [0, 0.05) is 11.6 Å². The molecule has 0 atom stereocenters. The van der Waals surface area contributed by atoms with E-state index in [1.807, 2.05) is 0 Å². The second-order valence-electron chi connectivity index (χ2n) is 6.75. The lowest BCUT2D eigenvalue weighted by Gasteiger charge is -2.13. The Labute approximate surface area is 187 Å². The van der Waals surface area contributed by atoms with Crippen molar-refractivity contribution in [2.75, 3.05) is 25.0 Å². The van der Waals surface area contributed by atoms with E-state index >= 15 is 0 Å². The fourth-order valence-electron chi connectivity index (χ4n) is 2.87. The standard InChI is InChI=1S/C16H13N3O5S.C6H15N/c20-15-10-14(17-16(21)11-4-2-1-3-5-11)18-19(15)12-6-8-13(9-7-12)25(22,23)24;1-4-7(5-2)6-3/h1-10,18H,(H,17,21)(H,22,23,24);4-6H2,1-3H3. The van der Waals surface area contributed by atoms with Crippen LogP contribution in [0.1, 0.15) is 31.1 Å². The van der Waals surface area contributed by atoms with Gasteiger partial charge in [-0.25, -0.2) is 4.68 Å². The van der Waals surface area contributed by atoms with E-state index < -0.39 is 15.7 Å². The van der Waals surface area contributed by atoms with Crippen LogP contribution in [0.4, 0.5) is 5.82 Å². The number of benzene rings is 2. The average molecular weight is 461 g/mol. The number of rotatable bonds is 7. The van der Waals surface area contributed by atoms with Crippen molar-refractivity contribution in [1.29, 1.82) is 0 Å². The van der Waals surface area contributed by atoms with Crippen LogP contribution in [0.5, 0.6) is 0 Å². The maximum absolute atomic E-state index is 12.1. The van der Waals surface area contributed by atoms with Gasteiger partial charge in [0.25, 0.3) is 21.6 Å². The van der Waals surface area contributed by atoms with Gasteiger partial charge in [-0.1, -0.05) is 39.0 Å². The van der Waals surface area contributed by atoms with Crippen molar-refractivity contribution in [1.82, 2.24) is 14.7 Å². The zero-order valence-corrected chi connectivity index (χ0v) is 19.1. The van der Waals surface area contributed by atoms with Crippen LogP contribution in [-0.2, 0) is 10.1 Å². The minimum absolute atomic E-state index is 0.192. The number of aromatic amines is 1. The number of anilines is 1. The van der Waals surface area contributed by atoms with Gasteiger partial charge >= 0.3 is 0 Å². The fraction of sp³-hybridized carbons (Fsp3) is 0.273. The minimum atomic E-state index is -4.31. The average Bonchev–Trinajstić information content (AvgIpc) is 3.15. The van der Waals surface area contributed by atoms with E-state index in [9.17, 15) is 18.0 Å². The number of carbonyl (C=O) groups is 1. The zero-order valence-electron chi connectivity index (χ0n) is 18.3. The minimum Gasteiger partial charge on any atom is -0.307 e. The number of nitrogens with one attached hydrogen (secondary N) is 2. The van der Waals surface area contributed by atoms with Crippen LogP contribution >= 0.6 is 0 Å². The van der Waals surface area contributed by atoms with Gasteiger partial charge in [-0.15, -0.1) is 0 Å². The molecule has 172 valence electrons.